The lowest BCUT2D eigenvalue weighted by molar-refractivity contribution is -0.142. The molecule has 0 spiro atoms. The molecule has 1 saturated carbocycles. The summed E-state index contributed by atoms with van der Waals surface area (Å²) in [5.41, 5.74) is 0. The number of ether oxygens (including phenoxy) is 1. The molecule has 0 radical (unpaired) electrons. The summed E-state index contributed by atoms with van der Waals surface area (Å²) in [6.07, 6.45) is 0.781. The Kier molecular flexibility index (Phi) is 5.59. The van der Waals surface area contributed by atoms with Crippen LogP contribution >= 0.6 is 0 Å². The lowest BCUT2D eigenvalue weighted by Gasteiger charge is -2.16. The maximum absolute atomic E-state index is 12.3. The summed E-state index contributed by atoms with van der Waals surface area (Å²) < 4.78 is 22.0. The van der Waals surface area contributed by atoms with Gasteiger partial charge < -0.3 is 9.39 Å². The summed E-state index contributed by atoms with van der Waals surface area (Å²) in [6.45, 7) is 1.22. The SMILES string of the molecule is COC(=O)CN(C)CC(=O)OB(C)C1CC1CF. The Hall–Kier alpha value is -1.11. The largest absolute Gasteiger partial charge is 0.535 e. The Morgan fingerprint density at radius 3 is 2.50 bits per heavy atom. The van der Waals surface area contributed by atoms with E-state index in [1.54, 1.807) is 13.9 Å². The Labute approximate surface area is 107 Å². The highest BCUT2D eigenvalue weighted by molar-refractivity contribution is 6.55. The van der Waals surface area contributed by atoms with Crippen molar-refractivity contribution in [1.82, 2.24) is 4.90 Å². The van der Waals surface area contributed by atoms with Crippen molar-refractivity contribution in [3.8, 4) is 0 Å². The fourth-order valence-corrected chi connectivity index (χ4v) is 1.92. The lowest BCUT2D eigenvalue weighted by Crippen LogP contribution is -2.34. The number of carbonyl (C=O) groups excluding carboxylic acids is 2. The van der Waals surface area contributed by atoms with Gasteiger partial charge in [0.25, 0.3) is 0 Å². The highest BCUT2D eigenvalue weighted by Crippen LogP contribution is 2.47. The highest BCUT2D eigenvalue weighted by atomic mass is 19.1. The van der Waals surface area contributed by atoms with Crippen molar-refractivity contribution in [1.29, 1.82) is 0 Å². The van der Waals surface area contributed by atoms with E-state index in [1.165, 1.54) is 12.0 Å². The van der Waals surface area contributed by atoms with Crippen LogP contribution in [0.15, 0.2) is 0 Å². The summed E-state index contributed by atoms with van der Waals surface area (Å²) in [5.74, 6) is -0.623. The summed E-state index contributed by atoms with van der Waals surface area (Å²) >= 11 is 0. The quantitative estimate of drug-likeness (QED) is 0.495. The summed E-state index contributed by atoms with van der Waals surface area (Å²) in [7, 11) is 2.92. The van der Waals surface area contributed by atoms with Gasteiger partial charge in [-0.15, -0.1) is 0 Å². The van der Waals surface area contributed by atoms with Crippen LogP contribution in [0.2, 0.25) is 12.6 Å². The maximum Gasteiger partial charge on any atom is 0.362 e. The van der Waals surface area contributed by atoms with Crippen molar-refractivity contribution in [3.63, 3.8) is 0 Å². The van der Waals surface area contributed by atoms with E-state index in [1.807, 2.05) is 0 Å². The molecule has 18 heavy (non-hydrogen) atoms. The van der Waals surface area contributed by atoms with E-state index in [4.69, 9.17) is 4.65 Å². The van der Waals surface area contributed by atoms with Crippen molar-refractivity contribution < 1.29 is 23.4 Å². The van der Waals surface area contributed by atoms with Gasteiger partial charge in [-0.05, 0) is 32.0 Å². The zero-order valence-electron chi connectivity index (χ0n) is 11.0. The van der Waals surface area contributed by atoms with Crippen LogP contribution < -0.4 is 0 Å². The number of halogens is 1. The molecule has 0 aromatic heterocycles. The molecule has 0 saturated heterocycles. The molecule has 0 N–H and O–H groups in total. The number of carbonyl (C=O) groups is 2. The Morgan fingerprint density at radius 1 is 1.39 bits per heavy atom. The van der Waals surface area contributed by atoms with Crippen molar-refractivity contribution in [2.75, 3.05) is 33.9 Å². The average molecular weight is 259 g/mol. The van der Waals surface area contributed by atoms with Gasteiger partial charge in [-0.1, -0.05) is 0 Å². The van der Waals surface area contributed by atoms with Gasteiger partial charge in [0, 0.05) is 0 Å². The molecule has 0 heterocycles. The van der Waals surface area contributed by atoms with Crippen LogP contribution in [0.4, 0.5) is 4.39 Å². The van der Waals surface area contributed by atoms with Gasteiger partial charge in [-0.2, -0.15) is 0 Å². The molecule has 1 rings (SSSR count). The maximum atomic E-state index is 12.3. The van der Waals surface area contributed by atoms with E-state index >= 15 is 0 Å². The standard InChI is InChI=1S/C11H19BFNO4/c1-12(9-4-8(9)5-13)18-11(16)7-14(2)6-10(15)17-3/h8-9H,4-7H2,1-3H3. The van der Waals surface area contributed by atoms with Crippen molar-refractivity contribution >= 4 is 18.9 Å². The second-order valence-electron chi connectivity index (χ2n) is 4.76. The molecule has 0 aromatic rings. The van der Waals surface area contributed by atoms with Crippen LogP contribution in [0.25, 0.3) is 0 Å². The van der Waals surface area contributed by atoms with E-state index in [2.05, 4.69) is 4.74 Å². The number of methoxy groups -OCH3 is 1. The lowest BCUT2D eigenvalue weighted by atomic mass is 9.64. The zero-order chi connectivity index (χ0) is 13.7. The molecule has 0 bridgehead atoms. The predicted molar refractivity (Wildman–Crippen MR) is 65.1 cm³/mol. The van der Waals surface area contributed by atoms with Crippen LogP contribution in [0.3, 0.4) is 0 Å². The number of likely N-dealkylation sites (N-methyl/N-ethyl adjacent to an activating group) is 1. The first-order valence-corrected chi connectivity index (χ1v) is 5.98. The summed E-state index contributed by atoms with van der Waals surface area (Å²) in [4.78, 5) is 24.0. The first-order valence-electron chi connectivity index (χ1n) is 5.98. The first kappa shape index (κ1) is 15.0. The molecule has 7 heteroatoms. The van der Waals surface area contributed by atoms with E-state index < -0.39 is 11.9 Å². The van der Waals surface area contributed by atoms with Crippen LogP contribution in [-0.2, 0) is 19.0 Å². The second-order valence-corrected chi connectivity index (χ2v) is 4.76. The summed E-state index contributed by atoms with van der Waals surface area (Å²) in [6, 6.07) is 0. The number of alkyl halides is 1. The molecule has 5 nitrogen and oxygen atoms in total. The van der Waals surface area contributed by atoms with Crippen molar-refractivity contribution in [2.45, 2.75) is 19.1 Å². The molecule has 0 amide bonds. The van der Waals surface area contributed by atoms with Crippen LogP contribution in [0.1, 0.15) is 6.42 Å². The minimum absolute atomic E-state index is 0.0203. The van der Waals surface area contributed by atoms with Crippen molar-refractivity contribution in [3.05, 3.63) is 0 Å². The van der Waals surface area contributed by atoms with Gasteiger partial charge in [0.15, 0.2) is 0 Å². The van der Waals surface area contributed by atoms with Gasteiger partial charge in [-0.3, -0.25) is 18.9 Å². The molecule has 102 valence electrons. The molecular weight excluding hydrogens is 240 g/mol. The Morgan fingerprint density at radius 2 is 2.00 bits per heavy atom. The molecular formula is C11H19BFNO4. The number of hydrogen-bond acceptors (Lipinski definition) is 5. The zero-order valence-corrected chi connectivity index (χ0v) is 11.0. The van der Waals surface area contributed by atoms with Crippen LogP contribution in [-0.4, -0.2) is 57.7 Å². The number of hydrogen-bond donors (Lipinski definition) is 0. The third-order valence-corrected chi connectivity index (χ3v) is 3.12. The fraction of sp³-hybridized carbons (Fsp3) is 0.818. The molecule has 2 atom stereocenters. The van der Waals surface area contributed by atoms with E-state index in [0.717, 1.165) is 6.42 Å². The third-order valence-electron chi connectivity index (χ3n) is 3.12. The number of rotatable bonds is 7. The van der Waals surface area contributed by atoms with Gasteiger partial charge in [0.2, 0.25) is 0 Å². The normalized spacial score (nSPS) is 21.6. The molecule has 0 aromatic carbocycles. The molecule has 1 aliphatic rings. The molecule has 1 fully saturated rings. The number of esters is 1. The fourth-order valence-electron chi connectivity index (χ4n) is 1.92. The van der Waals surface area contributed by atoms with E-state index in [-0.39, 0.29) is 38.4 Å². The van der Waals surface area contributed by atoms with Gasteiger partial charge in [-0.25, -0.2) is 0 Å². The van der Waals surface area contributed by atoms with Crippen molar-refractivity contribution in [2.24, 2.45) is 5.92 Å². The third kappa shape index (κ3) is 4.64. The van der Waals surface area contributed by atoms with Crippen LogP contribution in [0, 0.1) is 5.92 Å². The van der Waals surface area contributed by atoms with E-state index in [0.29, 0.717) is 0 Å². The minimum atomic E-state index is -0.405. The van der Waals surface area contributed by atoms with Crippen LogP contribution in [0.5, 0.6) is 0 Å². The number of nitrogens with zero attached hydrogens (tertiary/aromatic N) is 1. The molecule has 0 aliphatic heterocycles. The highest BCUT2D eigenvalue weighted by Gasteiger charge is 2.45. The van der Waals surface area contributed by atoms with Gasteiger partial charge in [0.1, 0.15) is 0 Å². The average Bonchev–Trinajstić information content (AvgIpc) is 3.07. The van der Waals surface area contributed by atoms with Gasteiger partial charge >= 0.3 is 18.9 Å². The monoisotopic (exact) mass is 259 g/mol. The van der Waals surface area contributed by atoms with Gasteiger partial charge in [0.05, 0.1) is 26.9 Å². The minimum Gasteiger partial charge on any atom is -0.535 e. The first-order chi connectivity index (χ1) is 8.47. The smallest absolute Gasteiger partial charge is 0.362 e. The topological polar surface area (TPSA) is 55.8 Å². The summed E-state index contributed by atoms with van der Waals surface area (Å²) in [5, 5.41) is 0. The Balaban J connectivity index is 2.22. The molecule has 2 unspecified atom stereocenters. The molecule has 1 aliphatic carbocycles. The second kappa shape index (κ2) is 6.73. The predicted octanol–water partition coefficient (Wildman–Crippen LogP) is 0.615. The Bertz CT molecular complexity index is 315. The van der Waals surface area contributed by atoms with E-state index in [9.17, 15) is 14.0 Å².